The van der Waals surface area contributed by atoms with Crippen LogP contribution in [0.15, 0.2) is 12.5 Å². The van der Waals surface area contributed by atoms with Crippen LogP contribution in [0.1, 0.15) is 38.9 Å². The lowest BCUT2D eigenvalue weighted by Gasteiger charge is -2.42. The molecule has 0 spiro atoms. The van der Waals surface area contributed by atoms with Gasteiger partial charge in [-0.05, 0) is 13.3 Å². The Balaban J connectivity index is 2.20. The van der Waals surface area contributed by atoms with Gasteiger partial charge in [0.2, 0.25) is 0 Å². The van der Waals surface area contributed by atoms with Crippen molar-refractivity contribution in [2.45, 2.75) is 51.1 Å². The second-order valence-corrected chi connectivity index (χ2v) is 6.80. The van der Waals surface area contributed by atoms with Crippen molar-refractivity contribution in [3.8, 4) is 0 Å². The van der Waals surface area contributed by atoms with Crippen molar-refractivity contribution >= 4 is 11.8 Å². The zero-order valence-corrected chi connectivity index (χ0v) is 13.1. The highest BCUT2D eigenvalue weighted by Gasteiger charge is 2.32. The second-order valence-electron chi connectivity index (χ2n) is 5.32. The number of thioether (sulfide) groups is 1. The first-order valence-corrected chi connectivity index (χ1v) is 8.31. The highest BCUT2D eigenvalue weighted by molar-refractivity contribution is 8.00. The van der Waals surface area contributed by atoms with E-state index in [1.165, 1.54) is 11.4 Å². The molecule has 0 saturated carbocycles. The Labute approximate surface area is 120 Å². The number of nitrogens with two attached hydrogens (primary N) is 1. The van der Waals surface area contributed by atoms with Crippen LogP contribution in [-0.2, 0) is 6.54 Å². The minimum absolute atomic E-state index is 0.299. The van der Waals surface area contributed by atoms with Gasteiger partial charge >= 0.3 is 0 Å². The molecule has 1 saturated heterocycles. The largest absolute Gasteiger partial charge is 0.333 e. The molecule has 1 fully saturated rings. The molecule has 2 rings (SSSR count). The molecular formula is C14H26N4S. The van der Waals surface area contributed by atoms with Crippen LogP contribution in [0.2, 0.25) is 0 Å². The van der Waals surface area contributed by atoms with E-state index in [2.05, 4.69) is 47.0 Å². The van der Waals surface area contributed by atoms with Gasteiger partial charge in [-0.15, -0.1) is 0 Å². The quantitative estimate of drug-likeness (QED) is 0.898. The van der Waals surface area contributed by atoms with Crippen molar-refractivity contribution in [1.29, 1.82) is 0 Å². The summed E-state index contributed by atoms with van der Waals surface area (Å²) < 4.78 is 2.26. The third-order valence-corrected chi connectivity index (χ3v) is 5.44. The minimum atomic E-state index is 0.299. The van der Waals surface area contributed by atoms with E-state index in [1.807, 2.05) is 12.5 Å². The molecule has 2 heterocycles. The molecule has 19 heavy (non-hydrogen) atoms. The predicted molar refractivity (Wildman–Crippen MR) is 82.4 cm³/mol. The van der Waals surface area contributed by atoms with Crippen LogP contribution in [0.5, 0.6) is 0 Å². The van der Waals surface area contributed by atoms with E-state index >= 15 is 0 Å². The van der Waals surface area contributed by atoms with Gasteiger partial charge in [0.1, 0.15) is 0 Å². The van der Waals surface area contributed by atoms with Crippen molar-refractivity contribution in [3.63, 3.8) is 0 Å². The first-order valence-electron chi connectivity index (χ1n) is 7.26. The lowest BCUT2D eigenvalue weighted by molar-refractivity contribution is 0.145. The topological polar surface area (TPSA) is 47.1 Å². The molecular weight excluding hydrogens is 256 g/mol. The van der Waals surface area contributed by atoms with E-state index in [1.54, 1.807) is 0 Å². The fourth-order valence-electron chi connectivity index (χ4n) is 2.86. The molecule has 4 nitrogen and oxygen atoms in total. The Hall–Kier alpha value is -0.520. The molecule has 2 N–H and O–H groups in total. The van der Waals surface area contributed by atoms with Crippen molar-refractivity contribution in [2.24, 2.45) is 5.73 Å². The van der Waals surface area contributed by atoms with Crippen LogP contribution in [0.3, 0.4) is 0 Å². The number of aromatic nitrogens is 2. The smallest absolute Gasteiger partial charge is 0.0948 e. The molecule has 1 aromatic rings. The number of imidazole rings is 1. The third-order valence-electron chi connectivity index (χ3n) is 4.11. The number of hydrogen-bond donors (Lipinski definition) is 1. The van der Waals surface area contributed by atoms with Gasteiger partial charge < -0.3 is 10.3 Å². The maximum Gasteiger partial charge on any atom is 0.0948 e. The van der Waals surface area contributed by atoms with Crippen molar-refractivity contribution < 1.29 is 0 Å². The molecule has 0 radical (unpaired) electrons. The number of rotatable bonds is 5. The van der Waals surface area contributed by atoms with E-state index in [9.17, 15) is 0 Å². The standard InChI is InChI=1S/C14H26N4S/c1-4-5-17-10-16-9-14(17)13(8-15)18-6-7-19-12(3)11(18)2/h9-13H,4-8,15H2,1-3H3. The Morgan fingerprint density at radius 2 is 2.32 bits per heavy atom. The first-order chi connectivity index (χ1) is 9.19. The highest BCUT2D eigenvalue weighted by Crippen LogP contribution is 2.31. The zero-order valence-electron chi connectivity index (χ0n) is 12.2. The molecule has 1 aromatic heterocycles. The van der Waals surface area contributed by atoms with Crippen LogP contribution >= 0.6 is 11.8 Å². The maximum absolute atomic E-state index is 6.08. The summed E-state index contributed by atoms with van der Waals surface area (Å²) in [6.07, 6.45) is 5.06. The van der Waals surface area contributed by atoms with E-state index in [0.717, 1.165) is 19.5 Å². The Kier molecular flexibility index (Phi) is 5.30. The minimum Gasteiger partial charge on any atom is -0.333 e. The van der Waals surface area contributed by atoms with Crippen LogP contribution in [0.25, 0.3) is 0 Å². The van der Waals surface area contributed by atoms with Gasteiger partial charge in [0.15, 0.2) is 0 Å². The molecule has 3 atom stereocenters. The highest BCUT2D eigenvalue weighted by atomic mass is 32.2. The van der Waals surface area contributed by atoms with Gasteiger partial charge in [-0.3, -0.25) is 4.90 Å². The molecule has 3 unspecified atom stereocenters. The number of nitrogens with zero attached hydrogens (tertiary/aromatic N) is 3. The van der Waals surface area contributed by atoms with E-state index in [4.69, 9.17) is 5.73 Å². The summed E-state index contributed by atoms with van der Waals surface area (Å²) >= 11 is 2.06. The zero-order chi connectivity index (χ0) is 13.8. The Bertz CT molecular complexity index is 393. The summed E-state index contributed by atoms with van der Waals surface area (Å²) in [6.45, 7) is 9.65. The predicted octanol–water partition coefficient (Wildman–Crippen LogP) is 2.12. The molecule has 0 aliphatic carbocycles. The summed E-state index contributed by atoms with van der Waals surface area (Å²) in [7, 11) is 0. The molecule has 0 amide bonds. The van der Waals surface area contributed by atoms with Gasteiger partial charge in [-0.25, -0.2) is 4.98 Å². The third kappa shape index (κ3) is 3.15. The van der Waals surface area contributed by atoms with E-state index < -0.39 is 0 Å². The molecule has 108 valence electrons. The summed E-state index contributed by atoms with van der Waals surface area (Å²) in [5.41, 5.74) is 7.35. The lowest BCUT2D eigenvalue weighted by Crippen LogP contribution is -2.48. The van der Waals surface area contributed by atoms with Crippen LogP contribution in [0, 0.1) is 0 Å². The SMILES string of the molecule is CCCn1cncc1C(CN)N1CCSC(C)C1C. The fourth-order valence-corrected chi connectivity index (χ4v) is 3.98. The molecule has 0 bridgehead atoms. The van der Waals surface area contributed by atoms with Crippen molar-refractivity contribution in [2.75, 3.05) is 18.8 Å². The van der Waals surface area contributed by atoms with Gasteiger partial charge in [0.05, 0.1) is 18.1 Å². The Morgan fingerprint density at radius 3 is 3.00 bits per heavy atom. The summed E-state index contributed by atoms with van der Waals surface area (Å²) in [5, 5.41) is 0.672. The summed E-state index contributed by atoms with van der Waals surface area (Å²) in [5.74, 6) is 1.20. The normalized spacial score (nSPS) is 26.5. The molecule has 0 aromatic carbocycles. The lowest BCUT2D eigenvalue weighted by atomic mass is 10.1. The van der Waals surface area contributed by atoms with E-state index in [-0.39, 0.29) is 0 Å². The summed E-state index contributed by atoms with van der Waals surface area (Å²) in [6, 6.07) is 0.865. The fraction of sp³-hybridized carbons (Fsp3) is 0.786. The van der Waals surface area contributed by atoms with Gasteiger partial charge in [0, 0.05) is 42.9 Å². The monoisotopic (exact) mass is 282 g/mol. The average molecular weight is 282 g/mol. The molecule has 1 aliphatic heterocycles. The first kappa shape index (κ1) is 14.9. The van der Waals surface area contributed by atoms with Gasteiger partial charge in [-0.2, -0.15) is 11.8 Å². The van der Waals surface area contributed by atoms with Crippen molar-refractivity contribution in [3.05, 3.63) is 18.2 Å². The number of aryl methyl sites for hydroxylation is 1. The van der Waals surface area contributed by atoms with Crippen LogP contribution < -0.4 is 5.73 Å². The Morgan fingerprint density at radius 1 is 1.53 bits per heavy atom. The van der Waals surface area contributed by atoms with Crippen LogP contribution in [0.4, 0.5) is 0 Å². The number of hydrogen-bond acceptors (Lipinski definition) is 4. The van der Waals surface area contributed by atoms with Gasteiger partial charge in [-0.1, -0.05) is 13.8 Å². The second kappa shape index (κ2) is 6.77. The van der Waals surface area contributed by atoms with Gasteiger partial charge in [0.25, 0.3) is 0 Å². The van der Waals surface area contributed by atoms with Crippen LogP contribution in [-0.4, -0.2) is 44.6 Å². The maximum atomic E-state index is 6.08. The molecule has 5 heteroatoms. The van der Waals surface area contributed by atoms with Crippen molar-refractivity contribution in [1.82, 2.24) is 14.5 Å². The molecule has 1 aliphatic rings. The van der Waals surface area contributed by atoms with E-state index in [0.29, 0.717) is 23.9 Å². The summed E-state index contributed by atoms with van der Waals surface area (Å²) in [4.78, 5) is 6.88. The average Bonchev–Trinajstić information content (AvgIpc) is 2.84.